The number of rotatable bonds is 11. The number of hydrogen-bond donors (Lipinski definition) is 2. The highest BCUT2D eigenvalue weighted by Crippen LogP contribution is 2.37. The lowest BCUT2D eigenvalue weighted by Gasteiger charge is -2.14. The number of halogens is 1. The molecule has 2 atom stereocenters. The van der Waals surface area contributed by atoms with E-state index in [1.54, 1.807) is 12.1 Å². The molecule has 3 rings (SSSR count). The Morgan fingerprint density at radius 2 is 1.79 bits per heavy atom. The predicted octanol–water partition coefficient (Wildman–Crippen LogP) is 4.81. The smallest absolute Gasteiger partial charge is 0.305 e. The lowest BCUT2D eigenvalue weighted by molar-refractivity contribution is -0.138. The average molecular weight is 474 g/mol. The van der Waals surface area contributed by atoms with Gasteiger partial charge in [0.1, 0.15) is 11.5 Å². The van der Waals surface area contributed by atoms with Crippen LogP contribution >= 0.6 is 8.03 Å². The topological polar surface area (TPSA) is 102 Å². The van der Waals surface area contributed by atoms with Crippen molar-refractivity contribution >= 4 is 14.0 Å². The van der Waals surface area contributed by atoms with Gasteiger partial charge in [-0.3, -0.25) is 14.0 Å². The van der Waals surface area contributed by atoms with Crippen molar-refractivity contribution in [2.45, 2.75) is 38.8 Å². The zero-order chi connectivity index (χ0) is 24.0. The first kappa shape index (κ1) is 24.8. The molecule has 1 heterocycles. The van der Waals surface area contributed by atoms with Gasteiger partial charge in [0, 0.05) is 35.4 Å². The number of benzene rings is 2. The van der Waals surface area contributed by atoms with Gasteiger partial charge in [0.2, 0.25) is 0 Å². The molecule has 1 aromatic heterocycles. The summed E-state index contributed by atoms with van der Waals surface area (Å²) in [7, 11) is -2.61. The molecule has 33 heavy (non-hydrogen) atoms. The normalized spacial score (nSPS) is 13.2. The zero-order valence-corrected chi connectivity index (χ0v) is 19.6. The average Bonchev–Trinajstić information content (AvgIpc) is 3.14. The summed E-state index contributed by atoms with van der Waals surface area (Å²) in [6.07, 6.45) is -1.51. The molecule has 3 aromatic rings. The van der Waals surface area contributed by atoms with E-state index in [0.29, 0.717) is 6.42 Å². The summed E-state index contributed by atoms with van der Waals surface area (Å²) in [5, 5.41) is 23.3. The SMILES string of the molecule is CC(C)n1nc(-c2ccccc2)c(-c2ccc(F)cc2)c1CCO[PH](=O)C[C@@H](O)CC(=O)O. The Morgan fingerprint density at radius 1 is 1.12 bits per heavy atom. The van der Waals surface area contributed by atoms with E-state index >= 15 is 0 Å². The zero-order valence-electron chi connectivity index (χ0n) is 18.6. The third-order valence-corrected chi connectivity index (χ3v) is 6.42. The second-order valence-electron chi connectivity index (χ2n) is 8.01. The standard InChI is InChI=1S/C24H28FN2O5P/c1-16(2)27-21(12-13-32-33(31)15-20(28)14-22(29)30)23(17-8-10-19(25)11-9-17)24(26-27)18-6-4-3-5-7-18/h3-11,16,20,28,33H,12-15H2,1-2H3,(H,29,30)/t20-/m0/s1. The summed E-state index contributed by atoms with van der Waals surface area (Å²) in [6.45, 7) is 4.12. The van der Waals surface area contributed by atoms with E-state index < -0.39 is 26.5 Å². The predicted molar refractivity (Wildman–Crippen MR) is 125 cm³/mol. The van der Waals surface area contributed by atoms with E-state index in [4.69, 9.17) is 14.7 Å². The summed E-state index contributed by atoms with van der Waals surface area (Å²) >= 11 is 0. The lowest BCUT2D eigenvalue weighted by Crippen LogP contribution is -2.16. The fourth-order valence-corrected chi connectivity index (χ4v) is 4.62. The van der Waals surface area contributed by atoms with Crippen LogP contribution in [-0.4, -0.2) is 44.8 Å². The van der Waals surface area contributed by atoms with Gasteiger partial charge in [-0.25, -0.2) is 4.39 Å². The third kappa shape index (κ3) is 6.60. The maximum absolute atomic E-state index is 13.6. The molecule has 0 saturated carbocycles. The summed E-state index contributed by atoms with van der Waals surface area (Å²) in [6, 6.07) is 15.9. The van der Waals surface area contributed by atoms with Gasteiger partial charge in [0.05, 0.1) is 19.1 Å². The highest BCUT2D eigenvalue weighted by atomic mass is 31.1. The molecule has 9 heteroatoms. The molecule has 0 amide bonds. The van der Waals surface area contributed by atoms with Crippen LogP contribution < -0.4 is 0 Å². The number of aliphatic carboxylic acids is 1. The van der Waals surface area contributed by atoms with Crippen molar-refractivity contribution in [2.75, 3.05) is 12.8 Å². The summed E-state index contributed by atoms with van der Waals surface area (Å²) in [5.74, 6) is -1.49. The fraction of sp³-hybridized carbons (Fsp3) is 0.333. The highest BCUT2D eigenvalue weighted by Gasteiger charge is 2.22. The van der Waals surface area contributed by atoms with Crippen LogP contribution in [0, 0.1) is 5.82 Å². The summed E-state index contributed by atoms with van der Waals surface area (Å²) in [4.78, 5) is 10.7. The molecule has 0 aliphatic carbocycles. The number of carboxylic acid groups (broad SMARTS) is 1. The van der Waals surface area contributed by atoms with Gasteiger partial charge in [-0.1, -0.05) is 42.5 Å². The molecule has 2 aromatic carbocycles. The van der Waals surface area contributed by atoms with Crippen LogP contribution in [0.5, 0.6) is 0 Å². The van der Waals surface area contributed by atoms with Crippen molar-refractivity contribution in [3.63, 3.8) is 0 Å². The minimum atomic E-state index is -2.61. The molecule has 0 spiro atoms. The first-order valence-corrected chi connectivity index (χ1v) is 12.3. The van der Waals surface area contributed by atoms with Crippen molar-refractivity contribution in [1.82, 2.24) is 9.78 Å². The van der Waals surface area contributed by atoms with Crippen LogP contribution in [0.1, 0.15) is 32.0 Å². The van der Waals surface area contributed by atoms with Crippen molar-refractivity contribution in [3.8, 4) is 22.4 Å². The number of carboxylic acids is 1. The second-order valence-corrected chi connectivity index (χ2v) is 9.45. The van der Waals surface area contributed by atoms with Crippen LogP contribution in [-0.2, 0) is 20.3 Å². The summed E-state index contributed by atoms with van der Waals surface area (Å²) in [5.41, 5.74) is 4.20. The van der Waals surface area contributed by atoms with Gasteiger partial charge in [-0.15, -0.1) is 0 Å². The van der Waals surface area contributed by atoms with Gasteiger partial charge in [-0.05, 0) is 31.5 Å². The molecular formula is C24H28FN2O5P. The molecule has 0 fully saturated rings. The van der Waals surface area contributed by atoms with Gasteiger partial charge in [0.15, 0.2) is 8.03 Å². The number of hydrogen-bond acceptors (Lipinski definition) is 5. The maximum atomic E-state index is 13.6. The first-order chi connectivity index (χ1) is 15.8. The summed E-state index contributed by atoms with van der Waals surface area (Å²) < 4.78 is 33.2. The van der Waals surface area contributed by atoms with Gasteiger partial charge < -0.3 is 14.7 Å². The molecule has 0 aliphatic rings. The number of carbonyl (C=O) groups is 1. The molecule has 1 unspecified atom stereocenters. The minimum Gasteiger partial charge on any atom is -0.481 e. The number of aliphatic hydroxyl groups is 1. The Labute approximate surface area is 192 Å². The monoisotopic (exact) mass is 474 g/mol. The fourth-order valence-electron chi connectivity index (χ4n) is 3.64. The Kier molecular flexibility index (Phi) is 8.55. The number of aromatic nitrogens is 2. The first-order valence-electron chi connectivity index (χ1n) is 10.7. The Balaban J connectivity index is 1.91. The largest absolute Gasteiger partial charge is 0.481 e. The van der Waals surface area contributed by atoms with Crippen LogP contribution in [0.25, 0.3) is 22.4 Å². The van der Waals surface area contributed by atoms with Crippen molar-refractivity contribution in [1.29, 1.82) is 0 Å². The number of aliphatic hydroxyl groups excluding tert-OH is 1. The molecule has 0 saturated heterocycles. The quantitative estimate of drug-likeness (QED) is 0.387. The Bertz CT molecular complexity index is 1100. The molecule has 0 radical (unpaired) electrons. The van der Waals surface area contributed by atoms with E-state index in [1.165, 1.54) is 12.1 Å². The lowest BCUT2D eigenvalue weighted by atomic mass is 9.97. The van der Waals surface area contributed by atoms with E-state index in [-0.39, 0.29) is 24.6 Å². The van der Waals surface area contributed by atoms with Crippen molar-refractivity contribution in [2.24, 2.45) is 0 Å². The Morgan fingerprint density at radius 3 is 2.39 bits per heavy atom. The van der Waals surface area contributed by atoms with Crippen LogP contribution in [0.4, 0.5) is 4.39 Å². The van der Waals surface area contributed by atoms with E-state index in [9.17, 15) is 18.9 Å². The number of nitrogens with zero attached hydrogens (tertiary/aromatic N) is 2. The van der Waals surface area contributed by atoms with Gasteiger partial charge in [-0.2, -0.15) is 5.10 Å². The van der Waals surface area contributed by atoms with E-state index in [2.05, 4.69) is 0 Å². The van der Waals surface area contributed by atoms with E-state index in [1.807, 2.05) is 48.9 Å². The second kappa shape index (κ2) is 11.4. The highest BCUT2D eigenvalue weighted by molar-refractivity contribution is 7.39. The van der Waals surface area contributed by atoms with Crippen LogP contribution in [0.15, 0.2) is 54.6 Å². The van der Waals surface area contributed by atoms with Crippen molar-refractivity contribution < 1.29 is 28.5 Å². The molecule has 176 valence electrons. The minimum absolute atomic E-state index is 0.0334. The molecule has 2 N–H and O–H groups in total. The molecule has 0 bridgehead atoms. The third-order valence-electron chi connectivity index (χ3n) is 5.09. The van der Waals surface area contributed by atoms with Crippen LogP contribution in [0.2, 0.25) is 0 Å². The molecular weight excluding hydrogens is 446 g/mol. The molecule has 0 aliphatic heterocycles. The van der Waals surface area contributed by atoms with Gasteiger partial charge >= 0.3 is 5.97 Å². The Hall–Kier alpha value is -2.80. The molecule has 7 nitrogen and oxygen atoms in total. The maximum Gasteiger partial charge on any atom is 0.305 e. The van der Waals surface area contributed by atoms with E-state index in [0.717, 1.165) is 28.1 Å². The van der Waals surface area contributed by atoms with Crippen molar-refractivity contribution in [3.05, 3.63) is 66.1 Å². The van der Waals surface area contributed by atoms with Crippen LogP contribution in [0.3, 0.4) is 0 Å². The van der Waals surface area contributed by atoms with Gasteiger partial charge in [0.25, 0.3) is 0 Å².